The number of hydrogen-bond acceptors (Lipinski definition) is 6. The molecular weight excluding hydrogens is 358 g/mol. The van der Waals surface area contributed by atoms with Gasteiger partial charge in [-0.25, -0.2) is 9.67 Å². The zero-order valence-electron chi connectivity index (χ0n) is 14.9. The number of aromatic nitrogens is 4. The summed E-state index contributed by atoms with van der Waals surface area (Å²) in [5, 5.41) is 15.5. The van der Waals surface area contributed by atoms with Crippen molar-refractivity contribution in [1.82, 2.24) is 19.7 Å². The van der Waals surface area contributed by atoms with Gasteiger partial charge in [-0.05, 0) is 24.3 Å². The van der Waals surface area contributed by atoms with Crippen molar-refractivity contribution >= 4 is 22.6 Å². The highest BCUT2D eigenvalue weighted by atomic mass is 16.1. The molecule has 0 aliphatic carbocycles. The molecule has 0 bridgehead atoms. The second kappa shape index (κ2) is 7.08. The van der Waals surface area contributed by atoms with Gasteiger partial charge in [-0.3, -0.25) is 9.59 Å². The molecular formula is C19H17N7O2. The molecule has 0 unspecified atom stereocenters. The summed E-state index contributed by atoms with van der Waals surface area (Å²) in [7, 11) is 0. The lowest BCUT2D eigenvalue weighted by Gasteiger charge is -2.10. The Balaban J connectivity index is 1.39. The van der Waals surface area contributed by atoms with Crippen molar-refractivity contribution in [2.24, 2.45) is 10.2 Å². The molecule has 1 aromatic carbocycles. The molecule has 2 aromatic heterocycles. The van der Waals surface area contributed by atoms with E-state index in [-0.39, 0.29) is 11.5 Å². The van der Waals surface area contributed by atoms with Gasteiger partial charge in [0.15, 0.2) is 11.3 Å². The first kappa shape index (κ1) is 17.6. The number of fused-ring (bicyclic) bond motifs is 1. The predicted octanol–water partition coefficient (Wildman–Crippen LogP) is 2.40. The third kappa shape index (κ3) is 3.53. The van der Waals surface area contributed by atoms with Gasteiger partial charge >= 0.3 is 0 Å². The molecule has 1 aliphatic heterocycles. The summed E-state index contributed by atoms with van der Waals surface area (Å²) in [5.74, 6) is 2.46. The number of rotatable bonds is 7. The highest BCUT2D eigenvalue weighted by Gasteiger charge is 2.39. The number of nitrogens with zero attached hydrogens (tertiary/aromatic N) is 5. The van der Waals surface area contributed by atoms with Crippen LogP contribution in [0.1, 0.15) is 25.7 Å². The maximum absolute atomic E-state index is 12.2. The second-order valence-electron chi connectivity index (χ2n) is 6.51. The number of anilines is 1. The number of amides is 1. The van der Waals surface area contributed by atoms with E-state index >= 15 is 0 Å². The first-order valence-corrected chi connectivity index (χ1v) is 8.79. The average molecular weight is 375 g/mol. The van der Waals surface area contributed by atoms with E-state index < -0.39 is 5.66 Å². The Morgan fingerprint density at radius 1 is 1.25 bits per heavy atom. The summed E-state index contributed by atoms with van der Waals surface area (Å²) in [6, 6.07) is 7.14. The van der Waals surface area contributed by atoms with Gasteiger partial charge in [-0.15, -0.1) is 12.3 Å². The van der Waals surface area contributed by atoms with Crippen LogP contribution in [-0.2, 0) is 4.79 Å². The Bertz CT molecular complexity index is 1150. The lowest BCUT2D eigenvalue weighted by Crippen LogP contribution is -2.17. The topological polar surface area (TPSA) is 117 Å². The van der Waals surface area contributed by atoms with Crippen LogP contribution >= 0.6 is 0 Å². The van der Waals surface area contributed by atoms with Crippen molar-refractivity contribution in [3.05, 3.63) is 47.1 Å². The van der Waals surface area contributed by atoms with Crippen LogP contribution in [0.5, 0.6) is 0 Å². The van der Waals surface area contributed by atoms with Crippen LogP contribution in [-0.4, -0.2) is 31.3 Å². The van der Waals surface area contributed by atoms with E-state index in [1.165, 1.54) is 12.5 Å². The van der Waals surface area contributed by atoms with Gasteiger partial charge in [-0.1, -0.05) is 0 Å². The molecule has 28 heavy (non-hydrogen) atoms. The first-order valence-electron chi connectivity index (χ1n) is 8.79. The molecule has 3 aromatic rings. The number of terminal acetylenes is 1. The number of H-pyrrole nitrogens is 1. The van der Waals surface area contributed by atoms with Crippen molar-refractivity contribution < 1.29 is 4.79 Å². The average Bonchev–Trinajstić information content (AvgIpc) is 3.35. The highest BCUT2D eigenvalue weighted by molar-refractivity contribution is 5.90. The highest BCUT2D eigenvalue weighted by Crippen LogP contribution is 2.37. The molecule has 0 radical (unpaired) electrons. The van der Waals surface area contributed by atoms with Crippen LogP contribution < -0.4 is 10.9 Å². The van der Waals surface area contributed by atoms with Crippen LogP contribution in [0, 0.1) is 12.3 Å². The fourth-order valence-corrected chi connectivity index (χ4v) is 2.94. The number of hydrogen-bond donors (Lipinski definition) is 2. The maximum atomic E-state index is 12.2. The largest absolute Gasteiger partial charge is 0.326 e. The van der Waals surface area contributed by atoms with E-state index in [9.17, 15) is 9.59 Å². The molecule has 9 nitrogen and oxygen atoms in total. The Morgan fingerprint density at radius 2 is 2.04 bits per heavy atom. The quantitative estimate of drug-likeness (QED) is 0.617. The number of benzene rings is 1. The smallest absolute Gasteiger partial charge is 0.261 e. The van der Waals surface area contributed by atoms with Crippen LogP contribution in [0.3, 0.4) is 0 Å². The second-order valence-corrected chi connectivity index (χ2v) is 6.51. The molecule has 0 fully saturated rings. The number of carbonyl (C=O) groups is 1. The monoisotopic (exact) mass is 375 g/mol. The Kier molecular flexibility index (Phi) is 4.45. The van der Waals surface area contributed by atoms with Crippen molar-refractivity contribution in [1.29, 1.82) is 0 Å². The minimum atomic E-state index is -0.459. The van der Waals surface area contributed by atoms with Gasteiger partial charge in [0.2, 0.25) is 5.91 Å². The predicted molar refractivity (Wildman–Crippen MR) is 103 cm³/mol. The minimum Gasteiger partial charge on any atom is -0.326 e. The normalized spacial score (nSPS) is 14.0. The summed E-state index contributed by atoms with van der Waals surface area (Å²) < 4.78 is 1.57. The summed E-state index contributed by atoms with van der Waals surface area (Å²) in [6.07, 6.45) is 10.2. The minimum absolute atomic E-state index is 0.108. The molecule has 0 atom stereocenters. The van der Waals surface area contributed by atoms with E-state index in [0.29, 0.717) is 42.4 Å². The number of aromatic amines is 1. The molecule has 9 heteroatoms. The van der Waals surface area contributed by atoms with E-state index in [1.54, 1.807) is 28.9 Å². The van der Waals surface area contributed by atoms with Crippen LogP contribution in [0.2, 0.25) is 0 Å². The van der Waals surface area contributed by atoms with Gasteiger partial charge < -0.3 is 10.3 Å². The Morgan fingerprint density at radius 3 is 2.75 bits per heavy atom. The molecule has 2 N–H and O–H groups in total. The van der Waals surface area contributed by atoms with E-state index in [1.807, 2.05) is 0 Å². The Hall–Kier alpha value is -3.80. The summed E-state index contributed by atoms with van der Waals surface area (Å²) >= 11 is 0. The molecule has 1 amide bonds. The van der Waals surface area contributed by atoms with Crippen molar-refractivity contribution in [3.8, 4) is 18.0 Å². The zero-order valence-corrected chi connectivity index (χ0v) is 14.9. The maximum Gasteiger partial charge on any atom is 0.261 e. The number of nitrogens with one attached hydrogen (secondary N) is 2. The van der Waals surface area contributed by atoms with Crippen LogP contribution in [0.4, 0.5) is 5.69 Å². The summed E-state index contributed by atoms with van der Waals surface area (Å²) in [5.41, 5.74) is 1.16. The van der Waals surface area contributed by atoms with Crippen LogP contribution in [0.15, 0.2) is 51.8 Å². The van der Waals surface area contributed by atoms with E-state index in [4.69, 9.17) is 6.42 Å². The third-order valence-corrected chi connectivity index (χ3v) is 4.57. The lowest BCUT2D eigenvalue weighted by atomic mass is 10.0. The van der Waals surface area contributed by atoms with Gasteiger partial charge in [-0.2, -0.15) is 15.3 Å². The summed E-state index contributed by atoms with van der Waals surface area (Å²) in [6.45, 7) is 0. The SMILES string of the molecule is C#CCCC1(CCC(=O)Nc2ccc(-n3ncc4c(=O)[nH]cnc43)cc2)N=N1. The Labute approximate surface area is 159 Å². The molecule has 3 heterocycles. The molecule has 0 saturated carbocycles. The fraction of sp³-hybridized carbons (Fsp3) is 0.263. The van der Waals surface area contributed by atoms with Crippen molar-refractivity contribution in [2.75, 3.05) is 5.32 Å². The van der Waals surface area contributed by atoms with Gasteiger partial charge in [0.1, 0.15) is 5.39 Å². The molecule has 4 rings (SSSR count). The first-order chi connectivity index (χ1) is 13.6. The molecule has 0 spiro atoms. The standard InChI is InChI=1S/C19H17N7O2/c1-2-3-9-19(24-25-19)10-8-16(27)23-13-4-6-14(7-5-13)26-17-15(11-22-26)18(28)21-12-20-17/h1,4-7,11-12H,3,8-10H2,(H,23,27)(H,20,21,28). The van der Waals surface area contributed by atoms with Gasteiger partial charge in [0.25, 0.3) is 5.56 Å². The van der Waals surface area contributed by atoms with Gasteiger partial charge in [0.05, 0.1) is 18.2 Å². The molecule has 140 valence electrons. The van der Waals surface area contributed by atoms with Crippen molar-refractivity contribution in [3.63, 3.8) is 0 Å². The van der Waals surface area contributed by atoms with Gasteiger partial charge in [0, 0.05) is 31.4 Å². The molecule has 1 aliphatic rings. The third-order valence-electron chi connectivity index (χ3n) is 4.57. The van der Waals surface area contributed by atoms with E-state index in [2.05, 4.69) is 36.5 Å². The van der Waals surface area contributed by atoms with Crippen LogP contribution in [0.25, 0.3) is 16.7 Å². The fourth-order valence-electron chi connectivity index (χ4n) is 2.94. The molecule has 0 saturated heterocycles. The lowest BCUT2D eigenvalue weighted by molar-refractivity contribution is -0.116. The number of carbonyl (C=O) groups excluding carboxylic acids is 1. The summed E-state index contributed by atoms with van der Waals surface area (Å²) in [4.78, 5) is 30.6. The van der Waals surface area contributed by atoms with E-state index in [0.717, 1.165) is 5.69 Å². The van der Waals surface area contributed by atoms with Crippen molar-refractivity contribution in [2.45, 2.75) is 31.3 Å². The zero-order chi connectivity index (χ0) is 19.6.